The Morgan fingerprint density at radius 1 is 0.739 bits per heavy atom. The fraction of sp³-hybridized carbons (Fsp3) is 0.125. The van der Waals surface area contributed by atoms with Crippen LogP contribution in [0.25, 0.3) is 0 Å². The SMILES string of the molecule is COc1ccc([Te](SC#N)(SC#N)c2ccc(OC)cc2)cc1. The number of hydrogen-bond acceptors (Lipinski definition) is 6. The van der Waals surface area contributed by atoms with E-state index in [0.29, 0.717) is 0 Å². The average Bonchev–Trinajstić information content (AvgIpc) is 2.61. The van der Waals surface area contributed by atoms with E-state index < -0.39 is 15.4 Å². The predicted octanol–water partition coefficient (Wildman–Crippen LogP) is 2.69. The van der Waals surface area contributed by atoms with Crippen molar-refractivity contribution in [1.82, 2.24) is 0 Å². The number of nitrogens with zero attached hydrogens (tertiary/aromatic N) is 2. The Bertz CT molecular complexity index is 671. The number of ether oxygens (including phenoxy) is 2. The predicted molar refractivity (Wildman–Crippen MR) is 97.4 cm³/mol. The van der Waals surface area contributed by atoms with Crippen LogP contribution < -0.4 is 16.7 Å². The molecule has 0 aromatic heterocycles. The molecule has 0 N–H and O–H groups in total. The van der Waals surface area contributed by atoms with Crippen LogP contribution in [-0.4, -0.2) is 29.7 Å². The van der Waals surface area contributed by atoms with Crippen molar-refractivity contribution < 1.29 is 9.47 Å². The van der Waals surface area contributed by atoms with Crippen LogP contribution in [0, 0.1) is 21.3 Å². The summed E-state index contributed by atoms with van der Waals surface area (Å²) in [5.74, 6) is 1.51. The van der Waals surface area contributed by atoms with Crippen molar-refractivity contribution in [1.29, 1.82) is 10.5 Å². The minimum absolute atomic E-state index is 0.754. The van der Waals surface area contributed by atoms with Gasteiger partial charge in [-0.15, -0.1) is 0 Å². The van der Waals surface area contributed by atoms with Crippen LogP contribution in [0.3, 0.4) is 0 Å². The van der Waals surface area contributed by atoms with Crippen LogP contribution in [-0.2, 0) is 0 Å². The molecule has 2 rings (SSSR count). The second kappa shape index (κ2) is 8.39. The van der Waals surface area contributed by atoms with Gasteiger partial charge in [0.2, 0.25) is 0 Å². The molecule has 0 heterocycles. The molecule has 2 aromatic rings. The Morgan fingerprint density at radius 3 is 1.35 bits per heavy atom. The number of thiocyanates is 2. The minimum atomic E-state index is -3.28. The summed E-state index contributed by atoms with van der Waals surface area (Å²) in [5.41, 5.74) is 0. The maximum absolute atomic E-state index is 9.34. The van der Waals surface area contributed by atoms with Crippen molar-refractivity contribution >= 4 is 40.6 Å². The fourth-order valence-electron chi connectivity index (χ4n) is 1.96. The molecule has 2 aromatic carbocycles. The van der Waals surface area contributed by atoms with E-state index in [1.54, 1.807) is 14.2 Å². The summed E-state index contributed by atoms with van der Waals surface area (Å²) in [6, 6.07) is 15.3. The fourth-order valence-corrected chi connectivity index (χ4v) is 16.5. The van der Waals surface area contributed by atoms with Crippen molar-refractivity contribution in [3.8, 4) is 22.3 Å². The number of nitriles is 2. The molecule has 0 saturated heterocycles. The van der Waals surface area contributed by atoms with Gasteiger partial charge in [0.1, 0.15) is 0 Å². The molecule has 0 aliphatic rings. The van der Waals surface area contributed by atoms with Gasteiger partial charge in [-0.3, -0.25) is 0 Å². The summed E-state index contributed by atoms with van der Waals surface area (Å²) < 4.78 is 12.5. The Hall–Kier alpha value is -1.49. The van der Waals surface area contributed by atoms with E-state index >= 15 is 0 Å². The molecule has 0 atom stereocenters. The molecule has 0 unspecified atom stereocenters. The van der Waals surface area contributed by atoms with Gasteiger partial charge in [0.25, 0.3) is 0 Å². The standard InChI is InChI=1S/C16H14N2O2S2Te/c1-19-13-3-7-15(8-4-13)23(21-11-17,22-12-18)16-9-5-14(20-2)6-10-16/h3-10H,1-2H3. The Morgan fingerprint density at radius 2 is 1.09 bits per heavy atom. The Labute approximate surface area is 145 Å². The van der Waals surface area contributed by atoms with E-state index in [1.165, 1.54) is 18.0 Å². The molecule has 0 radical (unpaired) electrons. The number of rotatable bonds is 6. The van der Waals surface area contributed by atoms with Crippen LogP contribution in [0.2, 0.25) is 0 Å². The first-order chi connectivity index (χ1) is 11.2. The zero-order valence-electron chi connectivity index (χ0n) is 12.6. The molecule has 7 heteroatoms. The van der Waals surface area contributed by atoms with Gasteiger partial charge in [-0.2, -0.15) is 0 Å². The van der Waals surface area contributed by atoms with E-state index in [4.69, 9.17) is 9.47 Å². The monoisotopic (exact) mass is 460 g/mol. The molecule has 0 saturated carbocycles. The molecular formula is C16H14N2O2S2Te. The topological polar surface area (TPSA) is 66.0 Å². The van der Waals surface area contributed by atoms with E-state index in [-0.39, 0.29) is 0 Å². The quantitative estimate of drug-likeness (QED) is 0.490. The van der Waals surface area contributed by atoms with Gasteiger partial charge in [-0.05, 0) is 0 Å². The van der Waals surface area contributed by atoms with Crippen LogP contribution in [0.15, 0.2) is 48.5 Å². The van der Waals surface area contributed by atoms with Crippen molar-refractivity contribution in [2.24, 2.45) is 0 Å². The second-order valence-electron chi connectivity index (χ2n) is 4.20. The van der Waals surface area contributed by atoms with Gasteiger partial charge in [0.15, 0.2) is 0 Å². The van der Waals surface area contributed by atoms with Crippen molar-refractivity contribution in [3.63, 3.8) is 0 Å². The normalized spacial score (nSPS) is 11.1. The van der Waals surface area contributed by atoms with Gasteiger partial charge in [-0.1, -0.05) is 0 Å². The Kier molecular flexibility index (Phi) is 6.51. The molecule has 0 fully saturated rings. The van der Waals surface area contributed by atoms with Crippen LogP contribution in [0.5, 0.6) is 11.5 Å². The van der Waals surface area contributed by atoms with Crippen LogP contribution >= 0.6 is 18.0 Å². The number of methoxy groups -OCH3 is 2. The molecule has 0 aliphatic heterocycles. The van der Waals surface area contributed by atoms with E-state index in [1.807, 2.05) is 48.5 Å². The van der Waals surface area contributed by atoms with Crippen molar-refractivity contribution in [3.05, 3.63) is 48.5 Å². The average molecular weight is 458 g/mol. The van der Waals surface area contributed by atoms with E-state index in [9.17, 15) is 10.5 Å². The first kappa shape index (κ1) is 17.9. The van der Waals surface area contributed by atoms with E-state index in [0.717, 1.165) is 18.7 Å². The zero-order valence-corrected chi connectivity index (χ0v) is 16.5. The van der Waals surface area contributed by atoms with Gasteiger partial charge < -0.3 is 0 Å². The molecule has 0 amide bonds. The number of benzene rings is 2. The van der Waals surface area contributed by atoms with Crippen molar-refractivity contribution in [2.75, 3.05) is 14.2 Å². The Balaban J connectivity index is 2.57. The molecule has 0 aliphatic carbocycles. The summed E-state index contributed by atoms with van der Waals surface area (Å²) in [6.07, 6.45) is 0. The van der Waals surface area contributed by atoms with Gasteiger partial charge >= 0.3 is 146 Å². The molecular weight excluding hydrogens is 444 g/mol. The first-order valence-corrected chi connectivity index (χ1v) is 16.0. The first-order valence-electron chi connectivity index (χ1n) is 6.46. The summed E-state index contributed by atoms with van der Waals surface area (Å²) in [7, 11) is 5.70. The van der Waals surface area contributed by atoms with Crippen LogP contribution in [0.4, 0.5) is 0 Å². The summed E-state index contributed by atoms with van der Waals surface area (Å²) >= 11 is -3.28. The third kappa shape index (κ3) is 3.89. The van der Waals surface area contributed by atoms with Gasteiger partial charge in [0.05, 0.1) is 0 Å². The van der Waals surface area contributed by atoms with Gasteiger partial charge in [0, 0.05) is 0 Å². The third-order valence-electron chi connectivity index (χ3n) is 3.05. The zero-order chi connectivity index (χ0) is 16.7. The molecule has 118 valence electrons. The molecule has 4 nitrogen and oxygen atoms in total. The molecule has 23 heavy (non-hydrogen) atoms. The summed E-state index contributed by atoms with van der Waals surface area (Å²) in [5, 5.41) is 23.1. The van der Waals surface area contributed by atoms with Crippen molar-refractivity contribution in [2.45, 2.75) is 0 Å². The van der Waals surface area contributed by atoms with Gasteiger partial charge in [-0.25, -0.2) is 0 Å². The molecule has 0 bridgehead atoms. The molecule has 0 spiro atoms. The second-order valence-corrected chi connectivity index (χ2v) is 21.4. The van der Waals surface area contributed by atoms with Crippen LogP contribution in [0.1, 0.15) is 0 Å². The third-order valence-corrected chi connectivity index (χ3v) is 22.0. The van der Waals surface area contributed by atoms with E-state index in [2.05, 4.69) is 10.8 Å². The number of hydrogen-bond donors (Lipinski definition) is 0. The summed E-state index contributed by atoms with van der Waals surface area (Å²) in [4.78, 5) is 0. The maximum atomic E-state index is 9.34. The summed E-state index contributed by atoms with van der Waals surface area (Å²) in [6.45, 7) is 0.